The Kier molecular flexibility index (Phi) is 13.2. The van der Waals surface area contributed by atoms with Crippen LogP contribution < -0.4 is 0 Å². The van der Waals surface area contributed by atoms with Gasteiger partial charge in [-0.05, 0) is 6.42 Å². The van der Waals surface area contributed by atoms with Gasteiger partial charge in [0, 0.05) is 33.7 Å². The maximum absolute atomic E-state index is 10.0. The van der Waals surface area contributed by atoms with Gasteiger partial charge < -0.3 is 5.11 Å². The first kappa shape index (κ1) is 13.9. The molecule has 0 aromatic heterocycles. The van der Waals surface area contributed by atoms with Crippen molar-refractivity contribution in [3.8, 4) is 0 Å². The summed E-state index contributed by atoms with van der Waals surface area (Å²) in [6.45, 7) is 2.15. The molecule has 0 aromatic carbocycles. The minimum absolute atomic E-state index is 0. The number of carbonyl (C=O) groups is 1. The van der Waals surface area contributed by atoms with Crippen molar-refractivity contribution in [2.45, 2.75) is 45.4 Å². The van der Waals surface area contributed by atoms with Crippen LogP contribution in [0.25, 0.3) is 0 Å². The number of hydrogen-bond donors (Lipinski definition) is 1. The van der Waals surface area contributed by atoms with Crippen LogP contribution in [0.4, 0.5) is 0 Å². The number of aliphatic carboxylic acids is 1. The van der Waals surface area contributed by atoms with Gasteiger partial charge in [-0.1, -0.05) is 32.6 Å². The van der Waals surface area contributed by atoms with E-state index in [1.54, 1.807) is 0 Å². The van der Waals surface area contributed by atoms with E-state index in [0.29, 0.717) is 6.42 Å². The minimum Gasteiger partial charge on any atom is -0.481 e. The van der Waals surface area contributed by atoms with Crippen molar-refractivity contribution in [3.63, 3.8) is 0 Å². The van der Waals surface area contributed by atoms with Gasteiger partial charge >= 0.3 is 5.97 Å². The third-order valence-corrected chi connectivity index (χ3v) is 1.49. The van der Waals surface area contributed by atoms with Gasteiger partial charge in [0.1, 0.15) is 0 Å². The molecule has 0 bridgehead atoms. The maximum atomic E-state index is 10.0. The maximum Gasteiger partial charge on any atom is 0.303 e. The number of carboxylic acids is 1. The van der Waals surface area contributed by atoms with Gasteiger partial charge in [0.25, 0.3) is 0 Å². The van der Waals surface area contributed by atoms with Crippen LogP contribution in [0, 0.1) is 0 Å². The second-order valence-electron chi connectivity index (χ2n) is 2.56. The fourth-order valence-corrected chi connectivity index (χ4v) is 0.880. The molecule has 0 aromatic rings. The van der Waals surface area contributed by atoms with E-state index >= 15 is 0 Å². The fourth-order valence-electron chi connectivity index (χ4n) is 0.880. The molecule has 0 aliphatic heterocycles. The first-order valence-corrected chi connectivity index (χ1v) is 3.99. The van der Waals surface area contributed by atoms with Crippen molar-refractivity contribution >= 4 is 5.97 Å². The van der Waals surface area contributed by atoms with Crippen molar-refractivity contribution in [1.82, 2.24) is 0 Å². The average Bonchev–Trinajstić information content (AvgIpc) is 1.87. The van der Waals surface area contributed by atoms with Gasteiger partial charge in [-0.2, -0.15) is 0 Å². The second-order valence-corrected chi connectivity index (χ2v) is 2.56. The fraction of sp³-hybridized carbons (Fsp3) is 0.875. The van der Waals surface area contributed by atoms with E-state index < -0.39 is 5.97 Å². The summed E-state index contributed by atoms with van der Waals surface area (Å²) in [5, 5.41) is 8.27. The predicted molar refractivity (Wildman–Crippen MR) is 41.0 cm³/mol. The summed E-state index contributed by atoms with van der Waals surface area (Å²) in [7, 11) is 0. The molecule has 0 amide bonds. The van der Waals surface area contributed by atoms with Crippen LogP contribution >= 0.6 is 0 Å². The second kappa shape index (κ2) is 10.4. The molecule has 11 heavy (non-hydrogen) atoms. The summed E-state index contributed by atoms with van der Waals surface area (Å²) in [5.74, 6) is -0.670. The van der Waals surface area contributed by atoms with E-state index in [0.717, 1.165) is 12.8 Å². The Morgan fingerprint density at radius 3 is 2.18 bits per heavy atom. The van der Waals surface area contributed by atoms with Gasteiger partial charge in [-0.15, -0.1) is 0 Å². The molecule has 0 heterocycles. The summed E-state index contributed by atoms with van der Waals surface area (Å²) in [5.41, 5.74) is 0. The Balaban J connectivity index is 0. The molecule has 0 saturated carbocycles. The van der Waals surface area contributed by atoms with Crippen LogP contribution in [-0.2, 0) is 32.1 Å². The van der Waals surface area contributed by atoms with Gasteiger partial charge in [-0.25, -0.2) is 0 Å². The van der Waals surface area contributed by atoms with Crippen molar-refractivity contribution < 1.29 is 37.2 Å². The molecule has 1 N–H and O–H groups in total. The quantitative estimate of drug-likeness (QED) is 0.585. The van der Waals surface area contributed by atoms with Crippen LogP contribution in [-0.4, -0.2) is 11.1 Å². The summed E-state index contributed by atoms with van der Waals surface area (Å²) in [4.78, 5) is 10.0. The summed E-state index contributed by atoms with van der Waals surface area (Å²) >= 11 is 0. The van der Waals surface area contributed by atoms with Crippen LogP contribution in [0.15, 0.2) is 0 Å². The van der Waals surface area contributed by atoms with E-state index in [1.807, 2.05) is 0 Å². The zero-order valence-electron chi connectivity index (χ0n) is 7.31. The molecule has 0 rings (SSSR count). The topological polar surface area (TPSA) is 37.3 Å². The van der Waals surface area contributed by atoms with Crippen molar-refractivity contribution in [1.29, 1.82) is 0 Å². The first-order valence-electron chi connectivity index (χ1n) is 3.99. The smallest absolute Gasteiger partial charge is 0.303 e. The molecule has 0 saturated heterocycles. The van der Waals surface area contributed by atoms with Gasteiger partial charge in [0.05, 0.1) is 0 Å². The van der Waals surface area contributed by atoms with Crippen molar-refractivity contribution in [2.75, 3.05) is 0 Å². The molecule has 62 valence electrons. The first-order chi connectivity index (χ1) is 4.77. The Labute approximate surface area is 88.5 Å². The Morgan fingerprint density at radius 1 is 1.18 bits per heavy atom. The largest absolute Gasteiger partial charge is 0.481 e. The Bertz CT molecular complexity index is 94.1. The molecule has 0 radical (unpaired) electrons. The van der Waals surface area contributed by atoms with Crippen LogP contribution in [0.5, 0.6) is 0 Å². The van der Waals surface area contributed by atoms with E-state index in [-0.39, 0.29) is 27.3 Å². The SMILES string of the molecule is CCCCCCCC(=O)O.[Cd]. The van der Waals surface area contributed by atoms with E-state index in [1.165, 1.54) is 19.3 Å². The van der Waals surface area contributed by atoms with Crippen LogP contribution in [0.1, 0.15) is 45.4 Å². The molecular weight excluding hydrogens is 240 g/mol. The predicted octanol–water partition coefficient (Wildman–Crippen LogP) is 2.43. The van der Waals surface area contributed by atoms with Crippen LogP contribution in [0.3, 0.4) is 0 Å². The zero-order valence-corrected chi connectivity index (χ0v) is 11.3. The molecule has 0 atom stereocenters. The van der Waals surface area contributed by atoms with Gasteiger partial charge in [0.15, 0.2) is 0 Å². The number of hydrogen-bond acceptors (Lipinski definition) is 1. The molecular formula is C8H16CdO2. The van der Waals surface area contributed by atoms with E-state index in [4.69, 9.17) is 5.11 Å². The third-order valence-electron chi connectivity index (χ3n) is 1.49. The van der Waals surface area contributed by atoms with Crippen molar-refractivity contribution in [3.05, 3.63) is 0 Å². The monoisotopic (exact) mass is 258 g/mol. The molecule has 0 aliphatic rings. The Morgan fingerprint density at radius 2 is 1.73 bits per heavy atom. The van der Waals surface area contributed by atoms with Crippen molar-refractivity contribution in [2.24, 2.45) is 0 Å². The number of rotatable bonds is 6. The van der Waals surface area contributed by atoms with E-state index in [2.05, 4.69) is 6.92 Å². The third kappa shape index (κ3) is 13.4. The molecule has 0 aliphatic carbocycles. The molecule has 0 fully saturated rings. The molecule has 0 spiro atoms. The van der Waals surface area contributed by atoms with Gasteiger partial charge in [0.2, 0.25) is 0 Å². The minimum atomic E-state index is -0.670. The van der Waals surface area contributed by atoms with Crippen LogP contribution in [0.2, 0.25) is 0 Å². The number of carboxylic acid groups (broad SMARTS) is 1. The summed E-state index contributed by atoms with van der Waals surface area (Å²) in [6, 6.07) is 0. The summed E-state index contributed by atoms with van der Waals surface area (Å²) in [6.07, 6.45) is 5.88. The standard InChI is InChI=1S/C8H16O2.Cd/c1-2-3-4-5-6-7-8(9)10;/h2-7H2,1H3,(H,9,10);. The number of unbranched alkanes of at least 4 members (excludes halogenated alkanes) is 4. The normalized spacial score (nSPS) is 8.82. The molecule has 2 nitrogen and oxygen atoms in total. The summed E-state index contributed by atoms with van der Waals surface area (Å²) < 4.78 is 0. The zero-order chi connectivity index (χ0) is 7.82. The van der Waals surface area contributed by atoms with Gasteiger partial charge in [-0.3, -0.25) is 4.79 Å². The average molecular weight is 257 g/mol. The molecule has 0 unspecified atom stereocenters. The van der Waals surface area contributed by atoms with E-state index in [9.17, 15) is 4.79 Å². The molecule has 3 heteroatoms. The Hall–Kier alpha value is 0.392.